The third-order valence-electron chi connectivity index (χ3n) is 3.72. The highest BCUT2D eigenvalue weighted by atomic mass is 32.1. The first-order valence-electron chi connectivity index (χ1n) is 6.81. The molecule has 3 heteroatoms. The molecule has 0 amide bonds. The number of pyridine rings is 1. The van der Waals surface area contributed by atoms with Crippen molar-refractivity contribution in [2.75, 3.05) is 0 Å². The summed E-state index contributed by atoms with van der Waals surface area (Å²) >= 11 is 1.60. The average molecular weight is 291 g/mol. The molecule has 0 fully saturated rings. The van der Waals surface area contributed by atoms with Gasteiger partial charge in [0.05, 0.1) is 16.1 Å². The molecule has 2 nitrogen and oxygen atoms in total. The van der Waals surface area contributed by atoms with Gasteiger partial charge in [0.25, 0.3) is 0 Å². The van der Waals surface area contributed by atoms with Crippen molar-refractivity contribution in [3.8, 4) is 16.3 Å². The highest BCUT2D eigenvalue weighted by Gasteiger charge is 2.15. The maximum Gasteiger partial charge on any atom is 0.143 e. The van der Waals surface area contributed by atoms with Gasteiger partial charge in [0.2, 0.25) is 0 Å². The van der Waals surface area contributed by atoms with Crippen LogP contribution in [0.5, 0.6) is 5.75 Å². The molecule has 0 saturated carbocycles. The monoisotopic (exact) mass is 291 g/mol. The molecule has 0 aliphatic rings. The number of aromatic nitrogens is 1. The van der Waals surface area contributed by atoms with Gasteiger partial charge in [-0.1, -0.05) is 36.4 Å². The second-order valence-electron chi connectivity index (χ2n) is 5.12. The zero-order valence-corrected chi connectivity index (χ0v) is 12.3. The van der Waals surface area contributed by atoms with Crippen molar-refractivity contribution in [3.05, 3.63) is 60.2 Å². The first-order chi connectivity index (χ1) is 10.2. The minimum Gasteiger partial charge on any atom is -0.506 e. The van der Waals surface area contributed by atoms with E-state index in [0.717, 1.165) is 31.6 Å². The van der Waals surface area contributed by atoms with Crippen molar-refractivity contribution in [1.29, 1.82) is 0 Å². The average Bonchev–Trinajstić information content (AvgIpc) is 2.86. The standard InChI is InChI=1S/C18H13NOS/c1-11-5-4-7-13-16(20)18(21-17(11)13)15-10-9-12-6-2-3-8-14(12)19-15/h2-10,20H,1H3. The van der Waals surface area contributed by atoms with Crippen molar-refractivity contribution in [2.24, 2.45) is 0 Å². The number of hydrogen-bond acceptors (Lipinski definition) is 3. The normalized spacial score (nSPS) is 11.3. The highest BCUT2D eigenvalue weighted by Crippen LogP contribution is 2.44. The van der Waals surface area contributed by atoms with Crippen molar-refractivity contribution in [1.82, 2.24) is 4.98 Å². The molecule has 21 heavy (non-hydrogen) atoms. The lowest BCUT2D eigenvalue weighted by Crippen LogP contribution is -1.82. The molecule has 4 rings (SSSR count). The zero-order chi connectivity index (χ0) is 14.4. The Kier molecular flexibility index (Phi) is 2.69. The van der Waals surface area contributed by atoms with Crippen LogP contribution in [0, 0.1) is 6.92 Å². The van der Waals surface area contributed by atoms with E-state index in [1.807, 2.05) is 48.5 Å². The van der Waals surface area contributed by atoms with Crippen LogP contribution in [-0.4, -0.2) is 10.1 Å². The summed E-state index contributed by atoms with van der Waals surface area (Å²) in [6.45, 7) is 2.07. The molecule has 2 heterocycles. The minimum atomic E-state index is 0.335. The smallest absolute Gasteiger partial charge is 0.143 e. The summed E-state index contributed by atoms with van der Waals surface area (Å²) in [5.41, 5.74) is 2.95. The van der Waals surface area contributed by atoms with Gasteiger partial charge in [0, 0.05) is 15.5 Å². The van der Waals surface area contributed by atoms with Gasteiger partial charge < -0.3 is 5.11 Å². The van der Waals surface area contributed by atoms with E-state index in [9.17, 15) is 5.11 Å². The van der Waals surface area contributed by atoms with E-state index in [2.05, 4.69) is 18.0 Å². The van der Waals surface area contributed by atoms with Crippen LogP contribution >= 0.6 is 11.3 Å². The molecule has 0 spiro atoms. The zero-order valence-electron chi connectivity index (χ0n) is 11.5. The summed E-state index contributed by atoms with van der Waals surface area (Å²) in [4.78, 5) is 5.52. The summed E-state index contributed by atoms with van der Waals surface area (Å²) in [6, 6.07) is 18.0. The molecule has 0 radical (unpaired) electrons. The minimum absolute atomic E-state index is 0.335. The second-order valence-corrected chi connectivity index (χ2v) is 6.14. The number of para-hydroxylation sites is 1. The highest BCUT2D eigenvalue weighted by molar-refractivity contribution is 7.23. The summed E-state index contributed by atoms with van der Waals surface area (Å²) in [6.07, 6.45) is 0. The van der Waals surface area contributed by atoms with Gasteiger partial charge in [-0.15, -0.1) is 11.3 Å². The molecule has 4 aromatic rings. The van der Waals surface area contributed by atoms with Gasteiger partial charge in [0.15, 0.2) is 0 Å². The van der Waals surface area contributed by atoms with Crippen LogP contribution in [0.25, 0.3) is 31.6 Å². The van der Waals surface area contributed by atoms with E-state index in [1.165, 1.54) is 5.56 Å². The summed E-state index contributed by atoms with van der Waals surface area (Å²) in [5.74, 6) is 0.335. The maximum absolute atomic E-state index is 10.5. The third kappa shape index (κ3) is 1.89. The first-order valence-corrected chi connectivity index (χ1v) is 7.63. The van der Waals surface area contributed by atoms with Crippen molar-refractivity contribution >= 4 is 32.3 Å². The van der Waals surface area contributed by atoms with E-state index in [1.54, 1.807) is 11.3 Å². The van der Waals surface area contributed by atoms with E-state index < -0.39 is 0 Å². The molecular weight excluding hydrogens is 278 g/mol. The lowest BCUT2D eigenvalue weighted by Gasteiger charge is -2.01. The number of aromatic hydroxyl groups is 1. The Labute approximate surface area is 126 Å². The fraction of sp³-hybridized carbons (Fsp3) is 0.0556. The topological polar surface area (TPSA) is 33.1 Å². The van der Waals surface area contributed by atoms with Crippen molar-refractivity contribution in [2.45, 2.75) is 6.92 Å². The Morgan fingerprint density at radius 1 is 0.952 bits per heavy atom. The Balaban J connectivity index is 1.99. The second kappa shape index (κ2) is 4.57. The van der Waals surface area contributed by atoms with Gasteiger partial charge in [-0.05, 0) is 30.7 Å². The van der Waals surface area contributed by atoms with Crippen LogP contribution in [-0.2, 0) is 0 Å². The van der Waals surface area contributed by atoms with E-state index >= 15 is 0 Å². The molecule has 2 aromatic carbocycles. The van der Waals surface area contributed by atoms with Gasteiger partial charge in [-0.25, -0.2) is 4.98 Å². The van der Waals surface area contributed by atoms with Crippen molar-refractivity contribution in [3.63, 3.8) is 0 Å². The molecule has 0 bridgehead atoms. The van der Waals surface area contributed by atoms with Crippen LogP contribution < -0.4 is 0 Å². The van der Waals surface area contributed by atoms with Gasteiger partial charge in [-0.2, -0.15) is 0 Å². The Morgan fingerprint density at radius 3 is 2.67 bits per heavy atom. The molecule has 0 atom stereocenters. The number of hydrogen-bond donors (Lipinski definition) is 1. The Morgan fingerprint density at radius 2 is 1.81 bits per heavy atom. The van der Waals surface area contributed by atoms with Crippen LogP contribution in [0.3, 0.4) is 0 Å². The Bertz CT molecular complexity index is 971. The van der Waals surface area contributed by atoms with Gasteiger partial charge >= 0.3 is 0 Å². The van der Waals surface area contributed by atoms with Crippen LogP contribution in [0.4, 0.5) is 0 Å². The van der Waals surface area contributed by atoms with Crippen LogP contribution in [0.2, 0.25) is 0 Å². The summed E-state index contributed by atoms with van der Waals surface area (Å²) in [5, 5.41) is 12.5. The van der Waals surface area contributed by atoms with E-state index in [0.29, 0.717) is 5.75 Å². The molecule has 1 N–H and O–H groups in total. The first kappa shape index (κ1) is 12.4. The van der Waals surface area contributed by atoms with Crippen LogP contribution in [0.15, 0.2) is 54.6 Å². The maximum atomic E-state index is 10.5. The molecule has 102 valence electrons. The van der Waals surface area contributed by atoms with Gasteiger partial charge in [0.1, 0.15) is 5.75 Å². The fourth-order valence-corrected chi connectivity index (χ4v) is 3.75. The molecule has 2 aromatic heterocycles. The quantitative estimate of drug-likeness (QED) is 0.527. The number of thiophene rings is 1. The number of nitrogens with zero attached hydrogens (tertiary/aromatic N) is 1. The molecule has 0 saturated heterocycles. The van der Waals surface area contributed by atoms with Gasteiger partial charge in [-0.3, -0.25) is 0 Å². The lowest BCUT2D eigenvalue weighted by atomic mass is 10.1. The molecule has 0 aliphatic carbocycles. The van der Waals surface area contributed by atoms with Crippen LogP contribution in [0.1, 0.15) is 5.56 Å². The fourth-order valence-electron chi connectivity index (χ4n) is 2.61. The van der Waals surface area contributed by atoms with Crippen molar-refractivity contribution < 1.29 is 5.11 Å². The number of benzene rings is 2. The predicted octanol–water partition coefficient (Wildman–Crippen LogP) is 5.13. The molecule has 0 aliphatic heterocycles. The predicted molar refractivity (Wildman–Crippen MR) is 89.0 cm³/mol. The summed E-state index contributed by atoms with van der Waals surface area (Å²) < 4.78 is 1.12. The number of aryl methyl sites for hydroxylation is 1. The number of rotatable bonds is 1. The molecular formula is C18H13NOS. The Hall–Kier alpha value is -2.39. The third-order valence-corrected chi connectivity index (χ3v) is 5.07. The molecule has 0 unspecified atom stereocenters. The summed E-state index contributed by atoms with van der Waals surface area (Å²) in [7, 11) is 0. The van der Waals surface area contributed by atoms with E-state index in [-0.39, 0.29) is 0 Å². The number of fused-ring (bicyclic) bond motifs is 2. The largest absolute Gasteiger partial charge is 0.506 e. The van der Waals surface area contributed by atoms with E-state index in [4.69, 9.17) is 0 Å². The lowest BCUT2D eigenvalue weighted by molar-refractivity contribution is 0.485. The SMILES string of the molecule is Cc1cccc2c(O)c(-c3ccc4ccccc4n3)sc12.